The molecule has 1 N–H and O–H groups in total. The Morgan fingerprint density at radius 3 is 2.72 bits per heavy atom. The van der Waals surface area contributed by atoms with Crippen LogP contribution in [0.25, 0.3) is 10.2 Å². The number of quaternary nitrogens is 1. The second-order valence-corrected chi connectivity index (χ2v) is 6.53. The predicted molar refractivity (Wildman–Crippen MR) is 75.3 cm³/mol. The Labute approximate surface area is 111 Å². The van der Waals surface area contributed by atoms with Crippen LogP contribution in [0.1, 0.15) is 0 Å². The summed E-state index contributed by atoms with van der Waals surface area (Å²) >= 11 is 1.67. The van der Waals surface area contributed by atoms with E-state index in [0.29, 0.717) is 5.75 Å². The molecule has 1 fully saturated rings. The summed E-state index contributed by atoms with van der Waals surface area (Å²) in [6, 6.07) is 5.37. The first-order valence-corrected chi connectivity index (χ1v) is 7.02. The summed E-state index contributed by atoms with van der Waals surface area (Å²) in [6.45, 7) is 4.42. The maximum absolute atomic E-state index is 9.48. The molecule has 0 bridgehead atoms. The van der Waals surface area contributed by atoms with Crippen LogP contribution in [0.3, 0.4) is 0 Å². The Balaban J connectivity index is 1.87. The molecule has 1 aromatic carbocycles. The number of phenolic OH excluding ortho intramolecular Hbond substituents is 1. The third-order valence-electron chi connectivity index (χ3n) is 3.58. The largest absolute Gasteiger partial charge is 0.508 e. The number of thiazole rings is 1. The summed E-state index contributed by atoms with van der Waals surface area (Å²) in [5.41, 5.74) is 0.979. The average Bonchev–Trinajstić information content (AvgIpc) is 2.71. The minimum Gasteiger partial charge on any atom is -0.508 e. The third-order valence-corrected chi connectivity index (χ3v) is 4.66. The fourth-order valence-electron chi connectivity index (χ4n) is 2.23. The van der Waals surface area contributed by atoms with Gasteiger partial charge in [0, 0.05) is 0 Å². The summed E-state index contributed by atoms with van der Waals surface area (Å²) in [5.74, 6) is 0.314. The number of piperazine rings is 1. The number of phenols is 1. The van der Waals surface area contributed by atoms with Crippen LogP contribution in [0.2, 0.25) is 0 Å². The average molecular weight is 264 g/mol. The van der Waals surface area contributed by atoms with Crippen LogP contribution in [-0.2, 0) is 0 Å². The molecule has 1 aliphatic heterocycles. The molecule has 1 aliphatic rings. The summed E-state index contributed by atoms with van der Waals surface area (Å²) in [4.78, 5) is 7.00. The molecule has 0 saturated carbocycles. The van der Waals surface area contributed by atoms with Crippen LogP contribution in [0.15, 0.2) is 18.2 Å². The second kappa shape index (κ2) is 4.10. The Morgan fingerprint density at radius 1 is 1.28 bits per heavy atom. The first-order valence-electron chi connectivity index (χ1n) is 6.20. The van der Waals surface area contributed by atoms with Gasteiger partial charge in [-0.2, -0.15) is 0 Å². The zero-order valence-electron chi connectivity index (χ0n) is 10.8. The number of aromatic nitrogens is 1. The van der Waals surface area contributed by atoms with Crippen molar-refractivity contribution < 1.29 is 9.59 Å². The molecule has 96 valence electrons. The van der Waals surface area contributed by atoms with Gasteiger partial charge in [-0.1, -0.05) is 11.3 Å². The lowest BCUT2D eigenvalue weighted by molar-refractivity contribution is -0.890. The normalized spacial score (nSPS) is 19.3. The fourth-order valence-corrected chi connectivity index (χ4v) is 3.28. The van der Waals surface area contributed by atoms with E-state index in [9.17, 15) is 5.11 Å². The fraction of sp³-hybridized carbons (Fsp3) is 0.462. The number of benzene rings is 1. The monoisotopic (exact) mass is 264 g/mol. The van der Waals surface area contributed by atoms with Gasteiger partial charge in [0.25, 0.3) is 0 Å². The minimum absolute atomic E-state index is 0.314. The van der Waals surface area contributed by atoms with Crippen LogP contribution in [0, 0.1) is 0 Å². The van der Waals surface area contributed by atoms with Crippen molar-refractivity contribution in [3.8, 4) is 5.75 Å². The maximum atomic E-state index is 9.48. The van der Waals surface area contributed by atoms with E-state index in [1.54, 1.807) is 23.5 Å². The van der Waals surface area contributed by atoms with Gasteiger partial charge in [0.05, 0.1) is 50.5 Å². The molecule has 1 saturated heterocycles. The Kier molecular flexibility index (Phi) is 2.68. The van der Waals surface area contributed by atoms with Gasteiger partial charge in [0.2, 0.25) is 0 Å². The van der Waals surface area contributed by atoms with Gasteiger partial charge in [0.15, 0.2) is 5.13 Å². The lowest BCUT2D eigenvalue weighted by Gasteiger charge is -2.38. The molecular weight excluding hydrogens is 246 g/mol. The SMILES string of the molecule is C[N+]1(C)CCN(c2nc3ccc(O)cc3s2)CC1. The summed E-state index contributed by atoms with van der Waals surface area (Å²) in [5, 5.41) is 10.6. The first-order chi connectivity index (χ1) is 8.53. The van der Waals surface area contributed by atoms with Gasteiger partial charge in [-0.3, -0.25) is 0 Å². The van der Waals surface area contributed by atoms with Crippen molar-refractivity contribution in [2.24, 2.45) is 0 Å². The number of fused-ring (bicyclic) bond motifs is 1. The van der Waals surface area contributed by atoms with E-state index in [2.05, 4.69) is 24.0 Å². The number of hydrogen-bond donors (Lipinski definition) is 1. The molecule has 1 aromatic heterocycles. The summed E-state index contributed by atoms with van der Waals surface area (Å²) < 4.78 is 2.15. The van der Waals surface area contributed by atoms with Gasteiger partial charge in [-0.25, -0.2) is 4.98 Å². The first kappa shape index (κ1) is 11.7. The molecule has 2 aromatic rings. The lowest BCUT2D eigenvalue weighted by atomic mass is 10.3. The third kappa shape index (κ3) is 2.15. The topological polar surface area (TPSA) is 36.4 Å². The molecule has 5 heteroatoms. The zero-order chi connectivity index (χ0) is 12.8. The number of anilines is 1. The number of hydrogen-bond acceptors (Lipinski definition) is 4. The van der Waals surface area contributed by atoms with Gasteiger partial charge in [-0.05, 0) is 18.2 Å². The highest BCUT2D eigenvalue weighted by Gasteiger charge is 2.25. The van der Waals surface area contributed by atoms with Gasteiger partial charge in [-0.15, -0.1) is 0 Å². The van der Waals surface area contributed by atoms with E-state index in [4.69, 9.17) is 0 Å². The van der Waals surface area contributed by atoms with Crippen LogP contribution in [0.5, 0.6) is 5.75 Å². The van der Waals surface area contributed by atoms with Crippen molar-refractivity contribution in [1.29, 1.82) is 0 Å². The summed E-state index contributed by atoms with van der Waals surface area (Å²) in [7, 11) is 4.54. The van der Waals surface area contributed by atoms with Gasteiger partial charge in [0.1, 0.15) is 5.75 Å². The van der Waals surface area contributed by atoms with Crippen molar-refractivity contribution in [2.45, 2.75) is 0 Å². The van der Waals surface area contributed by atoms with Crippen LogP contribution in [0.4, 0.5) is 5.13 Å². The van der Waals surface area contributed by atoms with Gasteiger partial charge >= 0.3 is 0 Å². The quantitative estimate of drug-likeness (QED) is 0.799. The Morgan fingerprint density at radius 2 is 2.00 bits per heavy atom. The highest BCUT2D eigenvalue weighted by atomic mass is 32.1. The van der Waals surface area contributed by atoms with Crippen LogP contribution >= 0.6 is 11.3 Å². The molecule has 0 aliphatic carbocycles. The second-order valence-electron chi connectivity index (χ2n) is 5.52. The molecule has 0 atom stereocenters. The highest BCUT2D eigenvalue weighted by molar-refractivity contribution is 7.22. The van der Waals surface area contributed by atoms with Crippen molar-refractivity contribution in [2.75, 3.05) is 45.2 Å². The van der Waals surface area contributed by atoms with Crippen molar-refractivity contribution in [1.82, 2.24) is 4.98 Å². The number of likely N-dealkylation sites (N-methyl/N-ethyl adjacent to an activating group) is 1. The van der Waals surface area contributed by atoms with Crippen LogP contribution < -0.4 is 4.90 Å². The van der Waals surface area contributed by atoms with E-state index in [1.165, 1.54) is 0 Å². The number of aromatic hydroxyl groups is 1. The molecule has 0 radical (unpaired) electrons. The number of rotatable bonds is 1. The summed E-state index contributed by atoms with van der Waals surface area (Å²) in [6.07, 6.45) is 0. The predicted octanol–water partition coefficient (Wildman–Crippen LogP) is 1.90. The number of nitrogens with zero attached hydrogens (tertiary/aromatic N) is 3. The molecule has 4 nitrogen and oxygen atoms in total. The Bertz CT molecular complexity index is 569. The molecule has 2 heterocycles. The lowest BCUT2D eigenvalue weighted by Crippen LogP contribution is -2.54. The van der Waals surface area contributed by atoms with E-state index in [0.717, 1.165) is 46.0 Å². The molecule has 0 spiro atoms. The van der Waals surface area contributed by atoms with Crippen molar-refractivity contribution in [3.63, 3.8) is 0 Å². The highest BCUT2D eigenvalue weighted by Crippen LogP contribution is 2.31. The smallest absolute Gasteiger partial charge is 0.186 e. The van der Waals surface area contributed by atoms with E-state index in [1.807, 2.05) is 6.07 Å². The van der Waals surface area contributed by atoms with E-state index < -0.39 is 0 Å². The standard InChI is InChI=1S/C13H17N3OS/c1-16(2)7-5-15(6-8-16)13-14-11-4-3-10(17)9-12(11)18-13/h3-4,9H,5-8H2,1-2H3/p+1. The van der Waals surface area contributed by atoms with Crippen molar-refractivity contribution in [3.05, 3.63) is 18.2 Å². The van der Waals surface area contributed by atoms with E-state index >= 15 is 0 Å². The van der Waals surface area contributed by atoms with Crippen molar-refractivity contribution >= 4 is 26.7 Å². The molecular formula is C13H18N3OS+. The van der Waals surface area contributed by atoms with Crippen LogP contribution in [-0.4, -0.2) is 54.8 Å². The Hall–Kier alpha value is -1.33. The van der Waals surface area contributed by atoms with Gasteiger partial charge < -0.3 is 14.5 Å². The zero-order valence-corrected chi connectivity index (χ0v) is 11.6. The maximum Gasteiger partial charge on any atom is 0.186 e. The van der Waals surface area contributed by atoms with E-state index in [-0.39, 0.29) is 0 Å². The minimum atomic E-state index is 0.314. The molecule has 18 heavy (non-hydrogen) atoms. The molecule has 0 unspecified atom stereocenters. The molecule has 0 amide bonds. The molecule has 3 rings (SSSR count).